The van der Waals surface area contributed by atoms with E-state index >= 15 is 0 Å². The molecule has 2 aromatic carbocycles. The number of unbranched alkanes of at least 4 members (excludes halogenated alkanes) is 13. The van der Waals surface area contributed by atoms with E-state index in [1.807, 2.05) is 0 Å². The summed E-state index contributed by atoms with van der Waals surface area (Å²) < 4.78 is 0. The maximum Gasteiger partial charge on any atom is -0.0149 e. The first-order valence-electron chi connectivity index (χ1n) is 13.9. The van der Waals surface area contributed by atoms with E-state index in [9.17, 15) is 0 Å². The van der Waals surface area contributed by atoms with Crippen LogP contribution in [-0.4, -0.2) is 0 Å². The molecule has 0 saturated carbocycles. The number of rotatable bonds is 18. The first-order valence-corrected chi connectivity index (χ1v) is 13.9. The van der Waals surface area contributed by atoms with Crippen molar-refractivity contribution >= 4 is 0 Å². The van der Waals surface area contributed by atoms with Gasteiger partial charge in [-0.05, 0) is 60.4 Å². The first-order chi connectivity index (χ1) is 15.8. The second-order valence-corrected chi connectivity index (χ2v) is 9.85. The van der Waals surface area contributed by atoms with Crippen LogP contribution in [-0.2, 0) is 12.8 Å². The summed E-state index contributed by atoms with van der Waals surface area (Å²) in [5.74, 6) is 0. The molecule has 0 aliphatic carbocycles. The Morgan fingerprint density at radius 2 is 0.938 bits per heavy atom. The van der Waals surface area contributed by atoms with E-state index in [0.29, 0.717) is 0 Å². The van der Waals surface area contributed by atoms with Gasteiger partial charge in [-0.3, -0.25) is 0 Å². The quantitative estimate of drug-likeness (QED) is 0.205. The molecule has 0 nitrogen and oxygen atoms in total. The molecule has 0 unspecified atom stereocenters. The molecule has 178 valence electrons. The van der Waals surface area contributed by atoms with E-state index in [0.717, 1.165) is 0 Å². The van der Waals surface area contributed by atoms with Gasteiger partial charge < -0.3 is 0 Å². The van der Waals surface area contributed by atoms with Gasteiger partial charge in [-0.2, -0.15) is 0 Å². The van der Waals surface area contributed by atoms with Crippen molar-refractivity contribution in [2.45, 2.75) is 130 Å². The van der Waals surface area contributed by atoms with Gasteiger partial charge in [0.15, 0.2) is 0 Å². The molecule has 0 fully saturated rings. The molecule has 0 heteroatoms. The lowest BCUT2D eigenvalue weighted by molar-refractivity contribution is 0.573. The van der Waals surface area contributed by atoms with Gasteiger partial charge in [-0.15, -0.1) is 0 Å². The van der Waals surface area contributed by atoms with Crippen molar-refractivity contribution < 1.29 is 0 Å². The predicted molar refractivity (Wildman–Crippen MR) is 145 cm³/mol. The summed E-state index contributed by atoms with van der Waals surface area (Å²) in [5, 5.41) is 0. The molecule has 0 radical (unpaired) electrons. The average Bonchev–Trinajstić information content (AvgIpc) is 2.82. The molecule has 0 aliphatic rings. The molecule has 0 bridgehead atoms. The number of hydrogen-bond donors (Lipinski definition) is 0. The number of aryl methyl sites for hydroxylation is 1. The maximum absolute atomic E-state index is 2.39. The fourth-order valence-electron chi connectivity index (χ4n) is 5.03. The maximum atomic E-state index is 2.39. The first kappa shape index (κ1) is 26.7. The van der Waals surface area contributed by atoms with E-state index in [-0.39, 0.29) is 0 Å². The molecule has 32 heavy (non-hydrogen) atoms. The van der Waals surface area contributed by atoms with Crippen molar-refractivity contribution in [2.24, 2.45) is 0 Å². The largest absolute Gasteiger partial charge is 0.0654 e. The third-order valence-electron chi connectivity index (χ3n) is 7.06. The Morgan fingerprint density at radius 1 is 0.469 bits per heavy atom. The van der Waals surface area contributed by atoms with Crippen molar-refractivity contribution in [3.05, 3.63) is 59.2 Å². The number of hydrogen-bond acceptors (Lipinski definition) is 0. The van der Waals surface area contributed by atoms with Crippen molar-refractivity contribution in [3.63, 3.8) is 0 Å². The van der Waals surface area contributed by atoms with Gasteiger partial charge in [0.1, 0.15) is 0 Å². The lowest BCUT2D eigenvalue weighted by Gasteiger charge is -2.18. The Morgan fingerprint density at radius 3 is 1.47 bits per heavy atom. The minimum Gasteiger partial charge on any atom is -0.0654 e. The summed E-state index contributed by atoms with van der Waals surface area (Å²) in [5.41, 5.74) is 7.68. The minimum absolute atomic E-state index is 1.24. The molecule has 0 atom stereocenters. The highest BCUT2D eigenvalue weighted by Crippen LogP contribution is 2.31. The van der Waals surface area contributed by atoms with Crippen LogP contribution in [0.2, 0.25) is 0 Å². The Hall–Kier alpha value is -1.56. The zero-order valence-corrected chi connectivity index (χ0v) is 21.6. The zero-order valence-electron chi connectivity index (χ0n) is 21.6. The van der Waals surface area contributed by atoms with Gasteiger partial charge in [-0.25, -0.2) is 0 Å². The summed E-state index contributed by atoms with van der Waals surface area (Å²) >= 11 is 0. The van der Waals surface area contributed by atoms with Crippen molar-refractivity contribution in [3.8, 4) is 11.1 Å². The molecule has 0 amide bonds. The molecule has 0 aromatic heterocycles. The van der Waals surface area contributed by atoms with E-state index in [2.05, 4.69) is 63.2 Å². The second kappa shape index (κ2) is 17.0. The van der Waals surface area contributed by atoms with E-state index in [1.54, 1.807) is 11.1 Å². The number of benzene rings is 2. The van der Waals surface area contributed by atoms with Gasteiger partial charge in [0, 0.05) is 0 Å². The van der Waals surface area contributed by atoms with Gasteiger partial charge in [0.25, 0.3) is 0 Å². The summed E-state index contributed by atoms with van der Waals surface area (Å²) in [4.78, 5) is 0. The summed E-state index contributed by atoms with van der Waals surface area (Å²) in [7, 11) is 0. The van der Waals surface area contributed by atoms with Crippen LogP contribution in [0.15, 0.2) is 42.5 Å². The smallest absolute Gasteiger partial charge is 0.0149 e. The molecular weight excluding hydrogens is 384 g/mol. The van der Waals surface area contributed by atoms with E-state index < -0.39 is 0 Å². The normalized spacial score (nSPS) is 11.2. The van der Waals surface area contributed by atoms with Crippen molar-refractivity contribution in [1.82, 2.24) is 0 Å². The summed E-state index contributed by atoms with van der Waals surface area (Å²) in [6.45, 7) is 6.94. The predicted octanol–water partition coefficient (Wildman–Crippen LogP) is 10.6. The topological polar surface area (TPSA) is 0 Å². The van der Waals surface area contributed by atoms with Crippen LogP contribution in [0.4, 0.5) is 0 Å². The van der Waals surface area contributed by atoms with Gasteiger partial charge in [0.05, 0.1) is 0 Å². The second-order valence-electron chi connectivity index (χ2n) is 9.85. The highest BCUT2D eigenvalue weighted by Gasteiger charge is 2.13. The lowest BCUT2D eigenvalue weighted by Crippen LogP contribution is -2.02. The summed E-state index contributed by atoms with van der Waals surface area (Å²) in [6, 6.07) is 15.8. The van der Waals surface area contributed by atoms with Crippen LogP contribution in [0.25, 0.3) is 11.1 Å². The average molecular weight is 435 g/mol. The van der Waals surface area contributed by atoms with Crippen LogP contribution in [0.5, 0.6) is 0 Å². The molecule has 2 rings (SSSR count). The van der Waals surface area contributed by atoms with Gasteiger partial charge in [0.2, 0.25) is 0 Å². The van der Waals surface area contributed by atoms with Gasteiger partial charge >= 0.3 is 0 Å². The monoisotopic (exact) mass is 434 g/mol. The minimum atomic E-state index is 1.24. The standard InChI is InChI=1S/C32H50/c1-4-6-8-10-12-14-16-21-25-32-30(24-20-15-13-11-9-7-5-2)28(3)26-27-31(32)29-22-18-17-19-23-29/h17-19,22-23,26-27H,4-16,20-21,24-25H2,1-3H3. The fraction of sp³-hybridized carbons (Fsp3) is 0.625. The van der Waals surface area contributed by atoms with E-state index in [4.69, 9.17) is 0 Å². The molecule has 0 N–H and O–H groups in total. The van der Waals surface area contributed by atoms with Crippen LogP contribution in [0.1, 0.15) is 127 Å². The third-order valence-corrected chi connectivity index (χ3v) is 7.06. The Balaban J connectivity index is 1.98. The van der Waals surface area contributed by atoms with Crippen molar-refractivity contribution in [2.75, 3.05) is 0 Å². The highest BCUT2D eigenvalue weighted by molar-refractivity contribution is 5.69. The van der Waals surface area contributed by atoms with Crippen molar-refractivity contribution in [1.29, 1.82) is 0 Å². The Labute approximate surface area is 200 Å². The fourth-order valence-corrected chi connectivity index (χ4v) is 5.03. The molecular formula is C32H50. The SMILES string of the molecule is CCCCCCCCCCc1c(-c2ccccc2)ccc(C)c1CCCCCCCCC. The van der Waals surface area contributed by atoms with Crippen LogP contribution >= 0.6 is 0 Å². The molecule has 0 heterocycles. The highest BCUT2D eigenvalue weighted by atomic mass is 14.2. The summed E-state index contributed by atoms with van der Waals surface area (Å²) in [6.07, 6.45) is 23.4. The molecule has 0 aliphatic heterocycles. The lowest BCUT2D eigenvalue weighted by atomic mass is 9.87. The molecule has 0 saturated heterocycles. The Bertz CT molecular complexity index is 712. The van der Waals surface area contributed by atoms with Crippen LogP contribution < -0.4 is 0 Å². The zero-order chi connectivity index (χ0) is 22.9. The van der Waals surface area contributed by atoms with Gasteiger partial charge in [-0.1, -0.05) is 140 Å². The third kappa shape index (κ3) is 9.93. The molecule has 0 spiro atoms. The van der Waals surface area contributed by atoms with Crippen LogP contribution in [0.3, 0.4) is 0 Å². The Kier molecular flexibility index (Phi) is 14.2. The van der Waals surface area contributed by atoms with Crippen LogP contribution in [0, 0.1) is 6.92 Å². The molecule has 2 aromatic rings. The van der Waals surface area contributed by atoms with E-state index in [1.165, 1.54) is 126 Å².